The maximum Gasteiger partial charge on any atom is 0.410 e. The first-order valence-corrected chi connectivity index (χ1v) is 18.7. The first kappa shape index (κ1) is 41.1. The predicted octanol–water partition coefficient (Wildman–Crippen LogP) is 6.55. The SMILES string of the molecule is COc1nc(-c2ccnc(-c3cccc(NC(=O)c4ccc(CN[C@H](CO)C(C)C)cn4)c3C)c2Cl)ccc1CN(C[C@@H]1CCC(=O)N1)C(=O)OC(C)(C)C. The lowest BCUT2D eigenvalue weighted by Crippen LogP contribution is -2.43. The number of carbonyl (C=O) groups is 3. The lowest BCUT2D eigenvalue weighted by atomic mass is 10.0. The number of hydrogen-bond acceptors (Lipinski definition) is 10. The molecule has 1 aliphatic rings. The van der Waals surface area contributed by atoms with E-state index in [9.17, 15) is 19.5 Å². The van der Waals surface area contributed by atoms with Gasteiger partial charge >= 0.3 is 6.09 Å². The van der Waals surface area contributed by atoms with Crippen molar-refractivity contribution in [2.45, 2.75) is 85.2 Å². The van der Waals surface area contributed by atoms with E-state index in [1.165, 1.54) is 7.11 Å². The van der Waals surface area contributed by atoms with Crippen molar-refractivity contribution in [1.82, 2.24) is 30.5 Å². The van der Waals surface area contributed by atoms with Crippen molar-refractivity contribution < 1.29 is 29.0 Å². The highest BCUT2D eigenvalue weighted by atomic mass is 35.5. The van der Waals surface area contributed by atoms with E-state index < -0.39 is 11.7 Å². The molecule has 14 heteroatoms. The molecule has 55 heavy (non-hydrogen) atoms. The van der Waals surface area contributed by atoms with Crippen LogP contribution in [-0.4, -0.2) is 80.8 Å². The second-order valence-electron chi connectivity index (χ2n) is 14.9. The molecule has 292 valence electrons. The van der Waals surface area contributed by atoms with Crippen molar-refractivity contribution in [3.8, 4) is 28.4 Å². The average Bonchev–Trinajstić information content (AvgIpc) is 3.56. The third-order valence-corrected chi connectivity index (χ3v) is 9.68. The summed E-state index contributed by atoms with van der Waals surface area (Å²) in [6.07, 6.45) is 3.83. The fraction of sp³-hybridized carbons (Fsp3) is 0.415. The van der Waals surface area contributed by atoms with Crippen LogP contribution >= 0.6 is 11.6 Å². The molecule has 13 nitrogen and oxygen atoms in total. The Morgan fingerprint density at radius 1 is 1.09 bits per heavy atom. The number of aliphatic hydroxyl groups is 1. The first-order valence-electron chi connectivity index (χ1n) is 18.3. The average molecular weight is 772 g/mol. The summed E-state index contributed by atoms with van der Waals surface area (Å²) in [7, 11) is 1.51. The Balaban J connectivity index is 1.35. The highest BCUT2D eigenvalue weighted by Gasteiger charge is 2.29. The van der Waals surface area contributed by atoms with Gasteiger partial charge in [-0.3, -0.25) is 19.6 Å². The van der Waals surface area contributed by atoms with E-state index in [1.54, 1.807) is 62.3 Å². The minimum Gasteiger partial charge on any atom is -0.481 e. The highest BCUT2D eigenvalue weighted by molar-refractivity contribution is 6.35. The number of aromatic nitrogens is 3. The fourth-order valence-electron chi connectivity index (χ4n) is 6.20. The molecular formula is C41H50ClN7O6. The van der Waals surface area contributed by atoms with E-state index in [0.29, 0.717) is 58.5 Å². The van der Waals surface area contributed by atoms with E-state index in [4.69, 9.17) is 26.1 Å². The normalized spacial score (nSPS) is 14.7. The third kappa shape index (κ3) is 10.6. The number of carbonyl (C=O) groups excluding carboxylic acids is 3. The monoisotopic (exact) mass is 771 g/mol. The molecule has 4 aromatic rings. The van der Waals surface area contributed by atoms with Gasteiger partial charge in [-0.15, -0.1) is 0 Å². The van der Waals surface area contributed by atoms with Gasteiger partial charge in [-0.25, -0.2) is 9.78 Å². The number of nitrogens with one attached hydrogen (secondary N) is 3. The number of pyridine rings is 3. The second-order valence-corrected chi connectivity index (χ2v) is 15.3. The number of aliphatic hydroxyl groups excluding tert-OH is 1. The molecule has 1 aliphatic heterocycles. The van der Waals surface area contributed by atoms with E-state index in [0.717, 1.165) is 16.7 Å². The van der Waals surface area contributed by atoms with Crippen molar-refractivity contribution in [1.29, 1.82) is 0 Å². The molecule has 0 bridgehead atoms. The molecule has 1 aromatic carbocycles. The molecule has 0 unspecified atom stereocenters. The highest BCUT2D eigenvalue weighted by Crippen LogP contribution is 2.38. The van der Waals surface area contributed by atoms with E-state index in [-0.39, 0.29) is 55.2 Å². The van der Waals surface area contributed by atoms with Crippen molar-refractivity contribution in [3.63, 3.8) is 0 Å². The smallest absolute Gasteiger partial charge is 0.410 e. The predicted molar refractivity (Wildman–Crippen MR) is 212 cm³/mol. The molecule has 0 aliphatic carbocycles. The molecule has 4 heterocycles. The summed E-state index contributed by atoms with van der Waals surface area (Å²) in [5, 5.41) is 19.1. The number of methoxy groups -OCH3 is 1. The molecule has 1 fully saturated rings. The Morgan fingerprint density at radius 3 is 2.51 bits per heavy atom. The summed E-state index contributed by atoms with van der Waals surface area (Å²) < 4.78 is 11.4. The van der Waals surface area contributed by atoms with Gasteiger partial charge in [0.2, 0.25) is 11.8 Å². The Morgan fingerprint density at radius 2 is 1.87 bits per heavy atom. The van der Waals surface area contributed by atoms with Gasteiger partial charge in [0.25, 0.3) is 5.91 Å². The topological polar surface area (TPSA) is 168 Å². The minimum absolute atomic E-state index is 0.0326. The lowest BCUT2D eigenvalue weighted by Gasteiger charge is -2.29. The fourth-order valence-corrected chi connectivity index (χ4v) is 6.51. The molecule has 0 spiro atoms. The van der Waals surface area contributed by atoms with E-state index in [2.05, 4.69) is 25.9 Å². The van der Waals surface area contributed by atoms with Crippen LogP contribution in [-0.2, 0) is 22.6 Å². The Labute approximate surface area is 327 Å². The zero-order valence-electron chi connectivity index (χ0n) is 32.4. The zero-order valence-corrected chi connectivity index (χ0v) is 33.2. The van der Waals surface area contributed by atoms with Crippen LogP contribution in [0.2, 0.25) is 5.02 Å². The lowest BCUT2D eigenvalue weighted by molar-refractivity contribution is -0.119. The molecule has 3 amide bonds. The summed E-state index contributed by atoms with van der Waals surface area (Å²) >= 11 is 7.06. The van der Waals surface area contributed by atoms with Crippen LogP contribution in [0.15, 0.2) is 60.9 Å². The first-order chi connectivity index (χ1) is 26.2. The number of amides is 3. The van der Waals surface area contributed by atoms with Crippen LogP contribution in [0.1, 0.15) is 74.6 Å². The second kappa shape index (κ2) is 18.0. The van der Waals surface area contributed by atoms with Crippen LogP contribution in [0.5, 0.6) is 5.88 Å². The van der Waals surface area contributed by atoms with Crippen LogP contribution < -0.4 is 20.7 Å². The molecule has 2 atom stereocenters. The van der Waals surface area contributed by atoms with Crippen LogP contribution in [0.25, 0.3) is 22.5 Å². The van der Waals surface area contributed by atoms with Crippen LogP contribution in [0, 0.1) is 12.8 Å². The van der Waals surface area contributed by atoms with Crippen molar-refractivity contribution in [3.05, 3.63) is 88.3 Å². The number of halogens is 1. The number of hydrogen-bond donors (Lipinski definition) is 4. The number of nitrogens with zero attached hydrogens (tertiary/aromatic N) is 4. The third-order valence-electron chi connectivity index (χ3n) is 9.30. The van der Waals surface area contributed by atoms with Gasteiger partial charge in [-0.2, -0.15) is 0 Å². The van der Waals surface area contributed by atoms with Gasteiger partial charge in [0, 0.05) is 66.4 Å². The Kier molecular flexibility index (Phi) is 13.5. The van der Waals surface area contributed by atoms with Gasteiger partial charge in [0.05, 0.1) is 36.7 Å². The Bertz CT molecular complexity index is 2000. The van der Waals surface area contributed by atoms with Gasteiger partial charge in [-0.1, -0.05) is 43.6 Å². The molecule has 1 saturated heterocycles. The minimum atomic E-state index is -0.708. The van der Waals surface area contributed by atoms with Gasteiger partial charge < -0.3 is 35.4 Å². The molecule has 3 aromatic heterocycles. The molecular weight excluding hydrogens is 722 g/mol. The summed E-state index contributed by atoms with van der Waals surface area (Å²) in [6, 6.07) is 14.2. The summed E-state index contributed by atoms with van der Waals surface area (Å²) in [5.74, 6) is 0.176. The van der Waals surface area contributed by atoms with Crippen molar-refractivity contribution in [2.75, 3.05) is 25.6 Å². The number of rotatable bonds is 14. The standard InChI is InChI=1S/C41H50ClN7O6/c1-24(2)34(23-50)45-20-26-11-14-33(44-19-26)38(52)47-31-10-8-9-29(25(31)3)37-36(42)30(17-18-43-37)32-15-12-27(39(48-32)54-7)21-49(40(53)55-41(4,5)6)22-28-13-16-35(51)46-28/h8-12,14-15,17-19,24,28,34,45,50H,13,16,20-23H2,1-7H3,(H,46,51)(H,47,52)/t28-,34+/m0/s1. The maximum atomic E-state index is 13.3. The van der Waals surface area contributed by atoms with Crippen LogP contribution in [0.3, 0.4) is 0 Å². The maximum absolute atomic E-state index is 13.3. The van der Waals surface area contributed by atoms with E-state index >= 15 is 0 Å². The zero-order chi connectivity index (χ0) is 39.9. The number of ether oxygens (including phenoxy) is 2. The Hall–Kier alpha value is -5.11. The van der Waals surface area contributed by atoms with Crippen molar-refractivity contribution >= 4 is 35.2 Å². The summed E-state index contributed by atoms with van der Waals surface area (Å²) in [4.78, 5) is 53.7. The molecule has 0 saturated carbocycles. The van der Waals surface area contributed by atoms with E-state index in [1.807, 2.05) is 45.0 Å². The molecule has 0 radical (unpaired) electrons. The summed E-state index contributed by atoms with van der Waals surface area (Å²) in [6.45, 7) is 12.4. The van der Waals surface area contributed by atoms with Gasteiger partial charge in [-0.05, 0) is 81.5 Å². The molecule has 5 rings (SSSR count). The molecule has 4 N–H and O–H groups in total. The van der Waals surface area contributed by atoms with Crippen molar-refractivity contribution in [2.24, 2.45) is 5.92 Å². The number of anilines is 1. The quantitative estimate of drug-likeness (QED) is 0.110. The van der Waals surface area contributed by atoms with Crippen LogP contribution in [0.4, 0.5) is 10.5 Å². The largest absolute Gasteiger partial charge is 0.481 e. The summed E-state index contributed by atoms with van der Waals surface area (Å²) in [5.41, 5.74) is 4.80. The van der Waals surface area contributed by atoms with Gasteiger partial charge in [0.15, 0.2) is 0 Å². The number of benzene rings is 1. The van der Waals surface area contributed by atoms with Gasteiger partial charge in [0.1, 0.15) is 11.3 Å².